The van der Waals surface area contributed by atoms with Gasteiger partial charge in [-0.25, -0.2) is 8.42 Å². The number of rotatable bonds is 7. The minimum absolute atomic E-state index is 0.473. The Morgan fingerprint density at radius 3 is 2.57 bits per heavy atom. The monoisotopic (exact) mass is 331 g/mol. The Balaban J connectivity index is 1.99. The van der Waals surface area contributed by atoms with Crippen molar-refractivity contribution in [2.45, 2.75) is 31.0 Å². The quantitative estimate of drug-likeness (QED) is 0.771. The van der Waals surface area contributed by atoms with Crippen LogP contribution in [0.2, 0.25) is 0 Å². The highest BCUT2D eigenvalue weighted by molar-refractivity contribution is 7.91. The second-order valence-electron chi connectivity index (χ2n) is 5.29. The molecule has 0 unspecified atom stereocenters. The first-order valence-electron chi connectivity index (χ1n) is 7.58. The minimum Gasteiger partial charge on any atom is -0.313 e. The molecule has 0 amide bonds. The van der Waals surface area contributed by atoms with Crippen molar-refractivity contribution in [2.24, 2.45) is 0 Å². The topological polar surface area (TPSA) is 52.7 Å². The van der Waals surface area contributed by atoms with Crippen LogP contribution in [0.4, 0.5) is 0 Å². The second-order valence-corrected chi connectivity index (χ2v) is 8.37. The Morgan fingerprint density at radius 2 is 1.95 bits per heavy atom. The van der Waals surface area contributed by atoms with Crippen LogP contribution < -0.4 is 5.32 Å². The Morgan fingerprint density at radius 1 is 1.24 bits per heavy atom. The molecule has 1 aliphatic heterocycles. The van der Waals surface area contributed by atoms with Gasteiger partial charge in [0.25, 0.3) is 10.0 Å². The lowest BCUT2D eigenvalue weighted by Gasteiger charge is -2.32. The van der Waals surface area contributed by atoms with E-state index in [0.717, 1.165) is 44.7 Å². The smallest absolute Gasteiger partial charge is 0.252 e. The first-order valence-corrected chi connectivity index (χ1v) is 9.90. The van der Waals surface area contributed by atoms with Crippen LogP contribution in [0.5, 0.6) is 0 Å². The van der Waals surface area contributed by atoms with E-state index in [2.05, 4.69) is 24.1 Å². The lowest BCUT2D eigenvalue weighted by Crippen LogP contribution is -2.48. The number of sulfonamides is 1. The van der Waals surface area contributed by atoms with Crippen LogP contribution in [0.15, 0.2) is 15.7 Å². The maximum Gasteiger partial charge on any atom is 0.252 e. The number of likely N-dealkylation sites (N-methyl/N-ethyl adjacent to an activating group) is 1. The summed E-state index contributed by atoms with van der Waals surface area (Å²) in [6.07, 6.45) is 1.08. The highest BCUT2D eigenvalue weighted by Gasteiger charge is 2.29. The molecule has 120 valence electrons. The molecule has 0 spiro atoms. The van der Waals surface area contributed by atoms with Gasteiger partial charge < -0.3 is 10.2 Å². The first-order chi connectivity index (χ1) is 10.1. The standard InChI is InChI=1S/C14H25N3O2S2/c1-3-5-15-11-13-10-14(20-12-13)21(18,19)17-8-6-16(4-2)7-9-17/h10,12,15H,3-9,11H2,1-2H3. The van der Waals surface area contributed by atoms with Crippen LogP contribution in [0, 0.1) is 0 Å². The molecule has 0 aliphatic carbocycles. The van der Waals surface area contributed by atoms with Gasteiger partial charge in [0.05, 0.1) is 0 Å². The summed E-state index contributed by atoms with van der Waals surface area (Å²) in [4.78, 5) is 2.28. The third kappa shape index (κ3) is 4.26. The summed E-state index contributed by atoms with van der Waals surface area (Å²) >= 11 is 1.33. The summed E-state index contributed by atoms with van der Waals surface area (Å²) in [6.45, 7) is 9.75. The third-order valence-electron chi connectivity index (χ3n) is 3.76. The fourth-order valence-electron chi connectivity index (χ4n) is 2.40. The Bertz CT molecular complexity index is 534. The summed E-state index contributed by atoms with van der Waals surface area (Å²) in [6, 6.07) is 1.81. The molecule has 7 heteroatoms. The van der Waals surface area contributed by atoms with E-state index < -0.39 is 10.0 Å². The van der Waals surface area contributed by atoms with Crippen molar-refractivity contribution in [1.29, 1.82) is 0 Å². The van der Waals surface area contributed by atoms with Crippen molar-refractivity contribution in [2.75, 3.05) is 39.3 Å². The summed E-state index contributed by atoms with van der Waals surface area (Å²) in [5.74, 6) is 0. The van der Waals surface area contributed by atoms with Gasteiger partial charge in [0.1, 0.15) is 4.21 Å². The highest BCUT2D eigenvalue weighted by atomic mass is 32.2. The lowest BCUT2D eigenvalue weighted by atomic mass is 10.3. The molecule has 1 N–H and O–H groups in total. The molecule has 0 bridgehead atoms. The van der Waals surface area contributed by atoms with E-state index in [0.29, 0.717) is 17.3 Å². The summed E-state index contributed by atoms with van der Waals surface area (Å²) in [7, 11) is -3.31. The Kier molecular flexibility index (Phi) is 6.19. The third-order valence-corrected chi connectivity index (χ3v) is 7.12. The number of thiophene rings is 1. The predicted molar refractivity (Wildman–Crippen MR) is 87.2 cm³/mol. The molecule has 0 saturated carbocycles. The molecule has 5 nitrogen and oxygen atoms in total. The SMILES string of the molecule is CCCNCc1csc(S(=O)(=O)N2CCN(CC)CC2)c1. The normalized spacial score (nSPS) is 18.2. The van der Waals surface area contributed by atoms with Gasteiger partial charge in [0, 0.05) is 32.7 Å². The molecule has 1 aliphatic rings. The van der Waals surface area contributed by atoms with Gasteiger partial charge in [-0.2, -0.15) is 4.31 Å². The van der Waals surface area contributed by atoms with E-state index in [1.54, 1.807) is 4.31 Å². The van der Waals surface area contributed by atoms with E-state index in [1.807, 2.05) is 11.4 Å². The van der Waals surface area contributed by atoms with Crippen molar-refractivity contribution in [3.05, 3.63) is 17.0 Å². The summed E-state index contributed by atoms with van der Waals surface area (Å²) in [5, 5.41) is 5.24. The van der Waals surface area contributed by atoms with E-state index in [-0.39, 0.29) is 0 Å². The molecule has 1 saturated heterocycles. The van der Waals surface area contributed by atoms with Crippen LogP contribution in [0.25, 0.3) is 0 Å². The van der Waals surface area contributed by atoms with Gasteiger partial charge in [0.15, 0.2) is 0 Å². The molecular weight excluding hydrogens is 306 g/mol. The highest BCUT2D eigenvalue weighted by Crippen LogP contribution is 2.24. The molecule has 1 aromatic heterocycles. The van der Waals surface area contributed by atoms with Crippen LogP contribution in [-0.4, -0.2) is 56.9 Å². The molecule has 0 radical (unpaired) electrons. The number of hydrogen-bond acceptors (Lipinski definition) is 5. The van der Waals surface area contributed by atoms with Crippen LogP contribution in [-0.2, 0) is 16.6 Å². The van der Waals surface area contributed by atoms with E-state index in [1.165, 1.54) is 11.3 Å². The molecule has 0 atom stereocenters. The molecule has 2 rings (SSSR count). The van der Waals surface area contributed by atoms with Crippen molar-refractivity contribution in [3.63, 3.8) is 0 Å². The summed E-state index contributed by atoms with van der Waals surface area (Å²) in [5.41, 5.74) is 1.05. The van der Waals surface area contributed by atoms with Crippen LogP contribution in [0.1, 0.15) is 25.8 Å². The summed E-state index contributed by atoms with van der Waals surface area (Å²) < 4.78 is 27.3. The minimum atomic E-state index is -3.31. The average molecular weight is 332 g/mol. The van der Waals surface area contributed by atoms with E-state index in [4.69, 9.17) is 0 Å². The lowest BCUT2D eigenvalue weighted by molar-refractivity contribution is 0.196. The van der Waals surface area contributed by atoms with Crippen molar-refractivity contribution in [1.82, 2.24) is 14.5 Å². The number of nitrogens with one attached hydrogen (secondary N) is 1. The molecular formula is C14H25N3O2S2. The largest absolute Gasteiger partial charge is 0.313 e. The fraction of sp³-hybridized carbons (Fsp3) is 0.714. The maximum atomic E-state index is 12.6. The van der Waals surface area contributed by atoms with Crippen molar-refractivity contribution in [3.8, 4) is 0 Å². The van der Waals surface area contributed by atoms with Gasteiger partial charge in [-0.15, -0.1) is 11.3 Å². The van der Waals surface area contributed by atoms with Gasteiger partial charge in [-0.05, 0) is 36.5 Å². The van der Waals surface area contributed by atoms with E-state index in [9.17, 15) is 8.42 Å². The van der Waals surface area contributed by atoms with Gasteiger partial charge in [-0.3, -0.25) is 0 Å². The van der Waals surface area contributed by atoms with Gasteiger partial charge >= 0.3 is 0 Å². The molecule has 1 fully saturated rings. The number of nitrogens with zero attached hydrogens (tertiary/aromatic N) is 2. The zero-order valence-corrected chi connectivity index (χ0v) is 14.5. The fourth-order valence-corrected chi connectivity index (χ4v) is 5.19. The van der Waals surface area contributed by atoms with Gasteiger partial charge in [-0.1, -0.05) is 13.8 Å². The number of hydrogen-bond donors (Lipinski definition) is 1. The predicted octanol–water partition coefficient (Wildman–Crippen LogP) is 1.57. The Hall–Kier alpha value is -0.470. The molecule has 0 aromatic carbocycles. The Labute approximate surface area is 132 Å². The van der Waals surface area contributed by atoms with Crippen LogP contribution >= 0.6 is 11.3 Å². The first kappa shape index (κ1) is 16.9. The van der Waals surface area contributed by atoms with E-state index >= 15 is 0 Å². The average Bonchev–Trinajstić information content (AvgIpc) is 2.97. The number of piperazine rings is 1. The zero-order chi connectivity index (χ0) is 15.3. The molecule has 21 heavy (non-hydrogen) atoms. The molecule has 2 heterocycles. The maximum absolute atomic E-state index is 12.6. The zero-order valence-electron chi connectivity index (χ0n) is 12.8. The van der Waals surface area contributed by atoms with Crippen LogP contribution in [0.3, 0.4) is 0 Å². The van der Waals surface area contributed by atoms with Gasteiger partial charge in [0.2, 0.25) is 0 Å². The molecule has 1 aromatic rings. The second kappa shape index (κ2) is 7.69. The van der Waals surface area contributed by atoms with Crippen molar-refractivity contribution < 1.29 is 8.42 Å². The van der Waals surface area contributed by atoms with Crippen molar-refractivity contribution >= 4 is 21.4 Å².